The first-order chi connectivity index (χ1) is 32.5. The smallest absolute Gasteiger partial charge is 0.297 e. The molecule has 0 saturated heterocycles. The number of fused-ring (bicyclic) bond motifs is 6. The Morgan fingerprint density at radius 2 is 0.971 bits per heavy atom. The highest BCUT2D eigenvalue weighted by molar-refractivity contribution is 7.00. The number of anilines is 9. The minimum Gasteiger partial charge on any atom is -0.468 e. The second-order valence-electron chi connectivity index (χ2n) is 22.0. The Morgan fingerprint density at radius 1 is 0.441 bits per heavy atom. The van der Waals surface area contributed by atoms with Crippen molar-refractivity contribution in [2.45, 2.75) is 85.5 Å². The van der Waals surface area contributed by atoms with Crippen molar-refractivity contribution in [3.05, 3.63) is 204 Å². The average Bonchev–Trinajstić information content (AvgIpc) is 3.70. The van der Waals surface area contributed by atoms with Gasteiger partial charge in [0.15, 0.2) is 0 Å². The summed E-state index contributed by atoms with van der Waals surface area (Å²) in [6, 6.07) is 67.7. The molecule has 2 aliphatic heterocycles. The molecule has 0 fully saturated rings. The topological polar surface area (TPSA) is 22.9 Å². The lowest BCUT2D eigenvalue weighted by Gasteiger charge is -2.43. The monoisotopic (exact) mass is 885 g/mol. The normalized spacial score (nSPS) is 13.4. The van der Waals surface area contributed by atoms with Crippen molar-refractivity contribution in [2.24, 2.45) is 0 Å². The van der Waals surface area contributed by atoms with E-state index in [-0.39, 0.29) is 23.0 Å². The van der Waals surface area contributed by atoms with Crippen LogP contribution in [0.3, 0.4) is 0 Å². The van der Waals surface area contributed by atoms with Gasteiger partial charge in [-0.15, -0.1) is 0 Å². The Bertz CT molecular complexity index is 3290. The summed E-state index contributed by atoms with van der Waals surface area (Å²) in [7, 11) is 0. The zero-order chi connectivity index (χ0) is 47.3. The SMILES string of the molecule is Cc1cc2c3c(c1)N(c1cccc(-c4ccc(C(C)(C)C)cc4)c1)c1c(oc4ccccc14)B3c1cc(N(c3ccc(C(C)(C)C)cc3)c3ccc(C(C)(C)C)cc3)ccc1N2c1ccccc1. The number of hydrogen-bond acceptors (Lipinski definition) is 4. The van der Waals surface area contributed by atoms with Gasteiger partial charge in [0.05, 0.1) is 11.3 Å². The van der Waals surface area contributed by atoms with Crippen LogP contribution in [0.1, 0.15) is 84.6 Å². The quantitative estimate of drug-likeness (QED) is 0.155. The molecule has 0 amide bonds. The van der Waals surface area contributed by atoms with E-state index in [0.29, 0.717) is 0 Å². The van der Waals surface area contributed by atoms with Crippen LogP contribution in [0.4, 0.5) is 51.2 Å². The number of benzene rings is 8. The van der Waals surface area contributed by atoms with E-state index in [1.807, 2.05) is 0 Å². The Morgan fingerprint density at radius 3 is 1.57 bits per heavy atom. The van der Waals surface area contributed by atoms with Gasteiger partial charge in [-0.1, -0.05) is 153 Å². The van der Waals surface area contributed by atoms with E-state index >= 15 is 0 Å². The van der Waals surface area contributed by atoms with Gasteiger partial charge in [-0.2, -0.15) is 0 Å². The van der Waals surface area contributed by atoms with E-state index in [4.69, 9.17) is 4.42 Å². The van der Waals surface area contributed by atoms with E-state index in [1.54, 1.807) is 0 Å². The highest BCUT2D eigenvalue weighted by Crippen LogP contribution is 2.48. The van der Waals surface area contributed by atoms with Crippen molar-refractivity contribution in [3.63, 3.8) is 0 Å². The summed E-state index contributed by atoms with van der Waals surface area (Å²) in [4.78, 5) is 7.38. The largest absolute Gasteiger partial charge is 0.468 e. The third-order valence-corrected chi connectivity index (χ3v) is 14.1. The summed E-state index contributed by atoms with van der Waals surface area (Å²) in [5.41, 5.74) is 22.0. The third-order valence-electron chi connectivity index (χ3n) is 14.1. The zero-order valence-electron chi connectivity index (χ0n) is 41.1. The van der Waals surface area contributed by atoms with Gasteiger partial charge in [0.2, 0.25) is 0 Å². The third kappa shape index (κ3) is 7.40. The second-order valence-corrected chi connectivity index (χ2v) is 22.0. The van der Waals surface area contributed by atoms with Gasteiger partial charge in [-0.3, -0.25) is 0 Å². The molecule has 336 valence electrons. The predicted octanol–water partition coefficient (Wildman–Crippen LogP) is 15.9. The van der Waals surface area contributed by atoms with Crippen LogP contribution in [0.5, 0.6) is 0 Å². The van der Waals surface area contributed by atoms with E-state index in [2.05, 4.69) is 266 Å². The lowest BCUT2D eigenvalue weighted by atomic mass is 9.35. The van der Waals surface area contributed by atoms with Crippen molar-refractivity contribution in [2.75, 3.05) is 14.7 Å². The van der Waals surface area contributed by atoms with Crippen LogP contribution in [0.15, 0.2) is 186 Å². The first kappa shape index (κ1) is 43.3. The summed E-state index contributed by atoms with van der Waals surface area (Å²) in [5.74, 6) is 0. The van der Waals surface area contributed by atoms with E-state index < -0.39 is 0 Å². The van der Waals surface area contributed by atoms with Gasteiger partial charge in [-0.25, -0.2) is 0 Å². The molecule has 4 nitrogen and oxygen atoms in total. The fourth-order valence-electron chi connectivity index (χ4n) is 10.5. The molecule has 0 spiro atoms. The summed E-state index contributed by atoms with van der Waals surface area (Å²) in [6.07, 6.45) is 0. The fraction of sp³-hybridized carbons (Fsp3) is 0.206. The van der Waals surface area contributed by atoms with Crippen molar-refractivity contribution >= 4 is 85.5 Å². The van der Waals surface area contributed by atoms with Crippen molar-refractivity contribution in [3.8, 4) is 11.1 Å². The number of furan rings is 1. The highest BCUT2D eigenvalue weighted by atomic mass is 16.3. The molecule has 5 heteroatoms. The van der Waals surface area contributed by atoms with Gasteiger partial charge in [-0.05, 0) is 158 Å². The molecule has 3 heterocycles. The minimum absolute atomic E-state index is 0.0338. The summed E-state index contributed by atoms with van der Waals surface area (Å²) >= 11 is 0. The molecule has 0 N–H and O–H groups in total. The lowest BCUT2D eigenvalue weighted by Crippen LogP contribution is -2.61. The molecule has 9 aromatic rings. The second kappa shape index (κ2) is 15.9. The van der Waals surface area contributed by atoms with Gasteiger partial charge < -0.3 is 19.1 Å². The molecule has 1 aromatic heterocycles. The van der Waals surface area contributed by atoms with Crippen molar-refractivity contribution < 1.29 is 4.42 Å². The van der Waals surface area contributed by atoms with Crippen LogP contribution >= 0.6 is 0 Å². The maximum absolute atomic E-state index is 7.27. The number of aryl methyl sites for hydroxylation is 1. The number of para-hydroxylation sites is 2. The Kier molecular flexibility index (Phi) is 10.2. The van der Waals surface area contributed by atoms with E-state index in [0.717, 1.165) is 67.8 Å². The first-order valence-electron chi connectivity index (χ1n) is 24.2. The molecule has 8 aromatic carbocycles. The van der Waals surface area contributed by atoms with E-state index in [9.17, 15) is 0 Å². The molecule has 2 aliphatic rings. The minimum atomic E-state index is -0.198. The molecule has 0 saturated carbocycles. The summed E-state index contributed by atoms with van der Waals surface area (Å²) in [6.45, 7) is 22.5. The number of rotatable bonds is 6. The van der Waals surface area contributed by atoms with Gasteiger partial charge in [0, 0.05) is 50.9 Å². The van der Waals surface area contributed by atoms with Gasteiger partial charge >= 0.3 is 0 Å². The van der Waals surface area contributed by atoms with Crippen LogP contribution in [-0.2, 0) is 16.2 Å². The molecule has 0 atom stereocenters. The van der Waals surface area contributed by atoms with Crippen LogP contribution in [-0.4, -0.2) is 6.71 Å². The van der Waals surface area contributed by atoms with Crippen molar-refractivity contribution in [1.29, 1.82) is 0 Å². The first-order valence-corrected chi connectivity index (χ1v) is 24.2. The Hall–Kier alpha value is -7.24. The summed E-state index contributed by atoms with van der Waals surface area (Å²) < 4.78 is 7.27. The fourth-order valence-corrected chi connectivity index (χ4v) is 10.5. The highest BCUT2D eigenvalue weighted by Gasteiger charge is 2.47. The van der Waals surface area contributed by atoms with Crippen LogP contribution in [0, 0.1) is 6.92 Å². The number of hydrogen-bond donors (Lipinski definition) is 0. The van der Waals surface area contributed by atoms with Crippen LogP contribution in [0.2, 0.25) is 0 Å². The van der Waals surface area contributed by atoms with Crippen LogP contribution in [0.25, 0.3) is 22.1 Å². The predicted molar refractivity (Wildman–Crippen MR) is 291 cm³/mol. The zero-order valence-corrected chi connectivity index (χ0v) is 41.1. The molecular weight excluding hydrogens is 826 g/mol. The molecule has 11 rings (SSSR count). The molecule has 0 unspecified atom stereocenters. The molecule has 0 aliphatic carbocycles. The Labute approximate surface area is 403 Å². The molecule has 68 heavy (non-hydrogen) atoms. The van der Waals surface area contributed by atoms with E-state index in [1.165, 1.54) is 44.3 Å². The summed E-state index contributed by atoms with van der Waals surface area (Å²) in [5, 5.41) is 1.10. The van der Waals surface area contributed by atoms with Crippen molar-refractivity contribution in [1.82, 2.24) is 0 Å². The molecule has 0 bridgehead atoms. The standard InChI is InChI=1S/C63H60BN3O/c1-41-37-55-58-56(38-41)67(50-20-16-17-43(39-50)42-23-25-44(26-24-42)61(2,3)4)59-52-21-14-15-22-57(52)68-60(59)64(58)53-40-51(35-36-54(53)66(55)47-18-12-11-13-19-47)65(48-31-27-45(28-32-48)62(5,6)7)49-33-29-46(30-34-49)63(8,9)10/h11-40H,1-10H3. The molecule has 0 radical (unpaired) electrons. The number of nitrogens with zero attached hydrogens (tertiary/aromatic N) is 3. The van der Waals surface area contributed by atoms with Gasteiger partial charge in [0.1, 0.15) is 5.58 Å². The lowest BCUT2D eigenvalue weighted by molar-refractivity contribution is 0.590. The van der Waals surface area contributed by atoms with Gasteiger partial charge in [0.25, 0.3) is 6.71 Å². The van der Waals surface area contributed by atoms with Crippen LogP contribution < -0.4 is 31.3 Å². The average molecular weight is 886 g/mol. The Balaban J connectivity index is 1.15. The maximum Gasteiger partial charge on any atom is 0.297 e. The maximum atomic E-state index is 7.27. The molecular formula is C63H60BN3O.